The van der Waals surface area contributed by atoms with E-state index in [-0.39, 0.29) is 0 Å². The largest absolute Gasteiger partial charge is 0.342 e. The smallest absolute Gasteiger partial charge is 0.0628 e. The minimum absolute atomic E-state index is 0.979. The van der Waals surface area contributed by atoms with Gasteiger partial charge >= 0.3 is 0 Å². The van der Waals surface area contributed by atoms with Crippen molar-refractivity contribution in [3.63, 3.8) is 0 Å². The van der Waals surface area contributed by atoms with Crippen molar-refractivity contribution in [1.29, 1.82) is 0 Å². The van der Waals surface area contributed by atoms with Gasteiger partial charge in [-0.05, 0) is 55.6 Å². The fourth-order valence-electron chi connectivity index (χ4n) is 3.29. The van der Waals surface area contributed by atoms with E-state index in [1.807, 2.05) is 11.3 Å². The van der Waals surface area contributed by atoms with Crippen LogP contribution in [0, 0.1) is 6.92 Å². The molecule has 0 bridgehead atoms. The van der Waals surface area contributed by atoms with Gasteiger partial charge in [0, 0.05) is 17.6 Å². The van der Waals surface area contributed by atoms with Gasteiger partial charge in [0.05, 0.1) is 10.2 Å². The van der Waals surface area contributed by atoms with E-state index in [1.54, 1.807) is 10.4 Å². The Balaban J connectivity index is 1.79. The van der Waals surface area contributed by atoms with Crippen molar-refractivity contribution >= 4 is 21.6 Å². The number of thiophene rings is 1. The minimum Gasteiger partial charge on any atom is -0.342 e. The molecule has 1 aromatic carbocycles. The SMILES string of the molecule is Cc1ccccc1Cn1ccc2sc3c(c21)CCNCC3. The second-order valence-electron chi connectivity index (χ2n) is 5.84. The highest BCUT2D eigenvalue weighted by atomic mass is 32.1. The highest BCUT2D eigenvalue weighted by Crippen LogP contribution is 2.34. The van der Waals surface area contributed by atoms with Crippen molar-refractivity contribution in [3.8, 4) is 0 Å². The highest BCUT2D eigenvalue weighted by molar-refractivity contribution is 7.19. The number of fused-ring (bicyclic) bond motifs is 3. The molecule has 0 saturated heterocycles. The Morgan fingerprint density at radius 1 is 1.14 bits per heavy atom. The van der Waals surface area contributed by atoms with Crippen molar-refractivity contribution in [1.82, 2.24) is 9.88 Å². The first-order valence-electron chi connectivity index (χ1n) is 7.67. The fraction of sp³-hybridized carbons (Fsp3) is 0.333. The Labute approximate surface area is 129 Å². The van der Waals surface area contributed by atoms with Gasteiger partial charge in [-0.2, -0.15) is 0 Å². The predicted octanol–water partition coefficient (Wildman–Crippen LogP) is 3.75. The molecular weight excluding hydrogens is 276 g/mol. The Kier molecular flexibility index (Phi) is 3.32. The molecule has 0 spiro atoms. The van der Waals surface area contributed by atoms with Crippen LogP contribution in [0.3, 0.4) is 0 Å². The van der Waals surface area contributed by atoms with Gasteiger partial charge in [-0.15, -0.1) is 11.3 Å². The van der Waals surface area contributed by atoms with E-state index in [0.717, 1.165) is 26.1 Å². The number of aromatic nitrogens is 1. The molecule has 3 heteroatoms. The zero-order chi connectivity index (χ0) is 14.2. The molecular formula is C18H20N2S. The first-order valence-corrected chi connectivity index (χ1v) is 8.49. The molecule has 108 valence electrons. The lowest BCUT2D eigenvalue weighted by Gasteiger charge is -2.09. The summed E-state index contributed by atoms with van der Waals surface area (Å²) in [5, 5.41) is 3.51. The molecule has 21 heavy (non-hydrogen) atoms. The van der Waals surface area contributed by atoms with Crippen molar-refractivity contribution in [3.05, 3.63) is 58.1 Å². The lowest BCUT2D eigenvalue weighted by atomic mass is 10.1. The standard InChI is InChI=1S/C18H20N2S/c1-13-4-2-3-5-14(13)12-20-11-8-17-18(20)15-6-9-19-10-7-16(15)21-17/h2-5,8,11,19H,6-7,9-10,12H2,1H3. The van der Waals surface area contributed by atoms with Gasteiger partial charge in [-0.1, -0.05) is 24.3 Å². The maximum absolute atomic E-state index is 3.51. The van der Waals surface area contributed by atoms with E-state index in [9.17, 15) is 0 Å². The number of rotatable bonds is 2. The monoisotopic (exact) mass is 296 g/mol. The Hall–Kier alpha value is -1.58. The quantitative estimate of drug-likeness (QED) is 0.762. The van der Waals surface area contributed by atoms with Gasteiger partial charge in [0.1, 0.15) is 0 Å². The molecule has 2 aromatic heterocycles. The number of aryl methyl sites for hydroxylation is 1. The first kappa shape index (κ1) is 13.1. The average molecular weight is 296 g/mol. The Bertz CT molecular complexity index is 782. The van der Waals surface area contributed by atoms with Crippen molar-refractivity contribution < 1.29 is 0 Å². The van der Waals surface area contributed by atoms with Crippen molar-refractivity contribution in [2.45, 2.75) is 26.3 Å². The van der Waals surface area contributed by atoms with E-state index in [2.05, 4.69) is 53.3 Å². The van der Waals surface area contributed by atoms with E-state index in [1.165, 1.54) is 27.8 Å². The molecule has 0 unspecified atom stereocenters. The molecule has 2 nitrogen and oxygen atoms in total. The molecule has 0 fully saturated rings. The summed E-state index contributed by atoms with van der Waals surface area (Å²) < 4.78 is 3.90. The second-order valence-corrected chi connectivity index (χ2v) is 6.97. The van der Waals surface area contributed by atoms with Crippen molar-refractivity contribution in [2.75, 3.05) is 13.1 Å². The summed E-state index contributed by atoms with van der Waals surface area (Å²) in [6.45, 7) is 5.41. The van der Waals surface area contributed by atoms with E-state index >= 15 is 0 Å². The van der Waals surface area contributed by atoms with Crippen LogP contribution in [0.1, 0.15) is 21.6 Å². The second kappa shape index (κ2) is 5.32. The number of hydrogen-bond acceptors (Lipinski definition) is 2. The van der Waals surface area contributed by atoms with Gasteiger partial charge in [-0.3, -0.25) is 0 Å². The number of hydrogen-bond donors (Lipinski definition) is 1. The Morgan fingerprint density at radius 3 is 2.90 bits per heavy atom. The minimum atomic E-state index is 0.979. The van der Waals surface area contributed by atoms with Crippen LogP contribution in [0.15, 0.2) is 36.5 Å². The fourth-order valence-corrected chi connectivity index (χ4v) is 4.54. The van der Waals surface area contributed by atoms with Crippen LogP contribution in [-0.4, -0.2) is 17.7 Å². The summed E-state index contributed by atoms with van der Waals surface area (Å²) in [7, 11) is 0. The average Bonchev–Trinajstić information content (AvgIpc) is 2.94. The maximum atomic E-state index is 3.51. The van der Waals surface area contributed by atoms with Crippen molar-refractivity contribution in [2.24, 2.45) is 0 Å². The Morgan fingerprint density at radius 2 is 2.00 bits per heavy atom. The molecule has 0 aliphatic carbocycles. The molecule has 0 radical (unpaired) electrons. The molecule has 0 amide bonds. The summed E-state index contributed by atoms with van der Waals surface area (Å²) in [4.78, 5) is 1.59. The van der Waals surface area contributed by atoms with E-state index in [0.29, 0.717) is 0 Å². The molecule has 4 rings (SSSR count). The third kappa shape index (κ3) is 2.30. The predicted molar refractivity (Wildman–Crippen MR) is 90.4 cm³/mol. The summed E-state index contributed by atoms with van der Waals surface area (Å²) in [6, 6.07) is 11.0. The van der Waals surface area contributed by atoms with Crippen LogP contribution in [0.25, 0.3) is 10.2 Å². The number of nitrogens with zero attached hydrogens (tertiary/aromatic N) is 1. The maximum Gasteiger partial charge on any atom is 0.0628 e. The van der Waals surface area contributed by atoms with E-state index in [4.69, 9.17) is 0 Å². The van der Waals surface area contributed by atoms with Crippen LogP contribution in [0.5, 0.6) is 0 Å². The van der Waals surface area contributed by atoms with Gasteiger partial charge in [0.15, 0.2) is 0 Å². The van der Waals surface area contributed by atoms with Gasteiger partial charge in [0.25, 0.3) is 0 Å². The number of benzene rings is 1. The molecule has 1 aliphatic rings. The zero-order valence-corrected chi connectivity index (χ0v) is 13.2. The third-order valence-electron chi connectivity index (χ3n) is 4.46. The molecule has 1 N–H and O–H groups in total. The number of nitrogens with one attached hydrogen (secondary N) is 1. The van der Waals surface area contributed by atoms with Gasteiger partial charge < -0.3 is 9.88 Å². The third-order valence-corrected chi connectivity index (χ3v) is 5.71. The lowest BCUT2D eigenvalue weighted by Crippen LogP contribution is -2.16. The molecule has 1 aliphatic heterocycles. The van der Waals surface area contributed by atoms with Crippen LogP contribution < -0.4 is 5.32 Å². The van der Waals surface area contributed by atoms with Crippen LogP contribution in [0.4, 0.5) is 0 Å². The molecule has 3 heterocycles. The van der Waals surface area contributed by atoms with Gasteiger partial charge in [-0.25, -0.2) is 0 Å². The zero-order valence-electron chi connectivity index (χ0n) is 12.4. The molecule has 0 saturated carbocycles. The van der Waals surface area contributed by atoms with Crippen LogP contribution >= 0.6 is 11.3 Å². The van der Waals surface area contributed by atoms with Crippen LogP contribution in [0.2, 0.25) is 0 Å². The lowest BCUT2D eigenvalue weighted by molar-refractivity contribution is 0.711. The van der Waals surface area contributed by atoms with Crippen LogP contribution in [-0.2, 0) is 19.4 Å². The molecule has 3 aromatic rings. The topological polar surface area (TPSA) is 17.0 Å². The van der Waals surface area contributed by atoms with Gasteiger partial charge in [0.2, 0.25) is 0 Å². The summed E-state index contributed by atoms with van der Waals surface area (Å²) >= 11 is 1.99. The first-order chi connectivity index (χ1) is 10.3. The highest BCUT2D eigenvalue weighted by Gasteiger charge is 2.17. The summed E-state index contributed by atoms with van der Waals surface area (Å²) in [5.74, 6) is 0. The molecule has 0 atom stereocenters. The van der Waals surface area contributed by atoms with E-state index < -0.39 is 0 Å². The summed E-state index contributed by atoms with van der Waals surface area (Å²) in [5.41, 5.74) is 5.85. The normalized spacial score (nSPS) is 15.1. The summed E-state index contributed by atoms with van der Waals surface area (Å²) in [6.07, 6.45) is 4.60.